The molecule has 0 radical (unpaired) electrons. The van der Waals surface area contributed by atoms with E-state index in [0.29, 0.717) is 30.6 Å². The minimum Gasteiger partial charge on any atom is -0.342 e. The van der Waals surface area contributed by atoms with Gasteiger partial charge in [0.25, 0.3) is 11.8 Å². The van der Waals surface area contributed by atoms with Gasteiger partial charge >= 0.3 is 0 Å². The highest BCUT2D eigenvalue weighted by Gasteiger charge is 2.34. The molecule has 2 rings (SSSR count). The quantitative estimate of drug-likeness (QED) is 0.727. The molecule has 1 heterocycles. The summed E-state index contributed by atoms with van der Waals surface area (Å²) in [6, 6.07) is 6.41. The third kappa shape index (κ3) is 4.84. The van der Waals surface area contributed by atoms with Crippen molar-refractivity contribution in [2.45, 2.75) is 39.2 Å². The summed E-state index contributed by atoms with van der Waals surface area (Å²) < 4.78 is 23.5. The minimum atomic E-state index is -3.06. The first-order chi connectivity index (χ1) is 12.3. The van der Waals surface area contributed by atoms with Crippen molar-refractivity contribution in [2.75, 3.05) is 31.6 Å². The van der Waals surface area contributed by atoms with Crippen molar-refractivity contribution < 1.29 is 18.0 Å². The summed E-state index contributed by atoms with van der Waals surface area (Å²) in [5.41, 5.74) is 0.899. The monoisotopic (exact) mass is 380 g/mol. The Hall–Kier alpha value is -1.89. The van der Waals surface area contributed by atoms with Crippen LogP contribution in [0.2, 0.25) is 0 Å². The van der Waals surface area contributed by atoms with Crippen LogP contribution in [0.5, 0.6) is 0 Å². The number of carbonyl (C=O) groups excluding carboxylic acids is 2. The Morgan fingerprint density at radius 2 is 1.81 bits per heavy atom. The number of carbonyl (C=O) groups is 2. The molecule has 0 spiro atoms. The van der Waals surface area contributed by atoms with Gasteiger partial charge in [0.05, 0.1) is 11.5 Å². The predicted octanol–water partition coefficient (Wildman–Crippen LogP) is 2.21. The first kappa shape index (κ1) is 20.4. The Balaban J connectivity index is 2.17. The maximum Gasteiger partial charge on any atom is 0.254 e. The molecular weight excluding hydrogens is 352 g/mol. The molecule has 1 aromatic rings. The van der Waals surface area contributed by atoms with Crippen molar-refractivity contribution >= 4 is 21.7 Å². The number of sulfone groups is 1. The highest BCUT2D eigenvalue weighted by atomic mass is 32.2. The Bertz CT molecular complexity index is 761. The van der Waals surface area contributed by atoms with Crippen LogP contribution in [0.3, 0.4) is 0 Å². The van der Waals surface area contributed by atoms with Gasteiger partial charge in [0.2, 0.25) is 0 Å². The van der Waals surface area contributed by atoms with Crippen LogP contribution in [0.4, 0.5) is 0 Å². The van der Waals surface area contributed by atoms with Crippen molar-refractivity contribution in [3.8, 4) is 0 Å². The molecule has 1 saturated heterocycles. The molecular formula is C19H28N2O4S. The molecule has 6 nitrogen and oxygen atoms in total. The fourth-order valence-electron chi connectivity index (χ4n) is 3.26. The number of hydrogen-bond donors (Lipinski definition) is 0. The number of nitrogens with zero attached hydrogens (tertiary/aromatic N) is 2. The van der Waals surface area contributed by atoms with Gasteiger partial charge in [0.1, 0.15) is 0 Å². The number of amides is 2. The lowest BCUT2D eigenvalue weighted by Crippen LogP contribution is -2.41. The number of benzene rings is 1. The van der Waals surface area contributed by atoms with E-state index in [1.54, 1.807) is 41.1 Å². The summed E-state index contributed by atoms with van der Waals surface area (Å²) in [5.74, 6) is -0.187. The molecule has 144 valence electrons. The Kier molecular flexibility index (Phi) is 6.81. The molecule has 1 unspecified atom stereocenters. The number of unbranched alkanes of at least 4 members (excludes halogenated alkanes) is 1. The molecule has 1 aliphatic rings. The molecule has 0 aromatic heterocycles. The standard InChI is InChI=1S/C19H28N2O4S/c1-4-6-11-20(3)18(22)15-8-7-9-16(13-15)19(23)21(5-2)17-10-12-26(24,25)14-17/h7-9,13,17H,4-6,10-12,14H2,1-3H3. The van der Waals surface area contributed by atoms with Gasteiger partial charge in [-0.15, -0.1) is 0 Å². The van der Waals surface area contributed by atoms with Gasteiger partial charge < -0.3 is 9.80 Å². The SMILES string of the molecule is CCCCN(C)C(=O)c1cccc(C(=O)N(CC)C2CCS(=O)(=O)C2)c1. The second-order valence-corrected chi connectivity index (χ2v) is 9.04. The van der Waals surface area contributed by atoms with Gasteiger partial charge in [-0.3, -0.25) is 9.59 Å². The van der Waals surface area contributed by atoms with Crippen molar-refractivity contribution in [1.82, 2.24) is 9.80 Å². The van der Waals surface area contributed by atoms with Gasteiger partial charge in [-0.05, 0) is 38.0 Å². The summed E-state index contributed by atoms with van der Waals surface area (Å²) in [4.78, 5) is 28.7. The fourth-order valence-corrected chi connectivity index (χ4v) is 4.99. The molecule has 1 aromatic carbocycles. The summed E-state index contributed by atoms with van der Waals surface area (Å²) in [5, 5.41) is 0. The molecule has 0 saturated carbocycles. The van der Waals surface area contributed by atoms with Gasteiger partial charge in [0, 0.05) is 37.3 Å². The summed E-state index contributed by atoms with van der Waals surface area (Å²) in [7, 11) is -1.30. The van der Waals surface area contributed by atoms with Crippen LogP contribution in [0, 0.1) is 0 Å². The first-order valence-corrected chi connectivity index (χ1v) is 11.0. The summed E-state index contributed by atoms with van der Waals surface area (Å²) >= 11 is 0. The largest absolute Gasteiger partial charge is 0.342 e. The lowest BCUT2D eigenvalue weighted by Gasteiger charge is -2.27. The van der Waals surface area contributed by atoms with Gasteiger partial charge in [0.15, 0.2) is 9.84 Å². The zero-order valence-electron chi connectivity index (χ0n) is 15.8. The topological polar surface area (TPSA) is 74.8 Å². The maximum absolute atomic E-state index is 12.9. The molecule has 0 N–H and O–H groups in total. The molecule has 1 atom stereocenters. The van der Waals surface area contributed by atoms with E-state index < -0.39 is 9.84 Å². The van der Waals surface area contributed by atoms with Crippen LogP contribution in [0.25, 0.3) is 0 Å². The Labute approximate surface area is 156 Å². The molecule has 2 amide bonds. The van der Waals surface area contributed by atoms with E-state index in [2.05, 4.69) is 6.92 Å². The normalized spacial score (nSPS) is 18.5. The molecule has 1 fully saturated rings. The molecule has 0 bridgehead atoms. The second kappa shape index (κ2) is 8.66. The van der Waals surface area contributed by atoms with Crippen molar-refractivity contribution in [3.05, 3.63) is 35.4 Å². The van der Waals surface area contributed by atoms with Gasteiger partial charge in [-0.2, -0.15) is 0 Å². The zero-order valence-corrected chi connectivity index (χ0v) is 16.6. The minimum absolute atomic E-state index is 0.0188. The van der Waals surface area contributed by atoms with Crippen LogP contribution < -0.4 is 0 Å². The third-order valence-electron chi connectivity index (χ3n) is 4.80. The van der Waals surface area contributed by atoms with E-state index in [-0.39, 0.29) is 29.4 Å². The first-order valence-electron chi connectivity index (χ1n) is 9.16. The zero-order chi connectivity index (χ0) is 19.3. The van der Waals surface area contributed by atoms with E-state index in [4.69, 9.17) is 0 Å². The van der Waals surface area contributed by atoms with Crippen molar-refractivity contribution in [1.29, 1.82) is 0 Å². The lowest BCUT2D eigenvalue weighted by atomic mass is 10.1. The van der Waals surface area contributed by atoms with Gasteiger partial charge in [-0.1, -0.05) is 19.4 Å². The molecule has 0 aliphatic carbocycles. The van der Waals surface area contributed by atoms with E-state index in [9.17, 15) is 18.0 Å². The highest BCUT2D eigenvalue weighted by molar-refractivity contribution is 7.91. The van der Waals surface area contributed by atoms with Crippen LogP contribution in [0.1, 0.15) is 53.8 Å². The summed E-state index contributed by atoms with van der Waals surface area (Å²) in [6.45, 7) is 5.03. The third-order valence-corrected chi connectivity index (χ3v) is 6.55. The van der Waals surface area contributed by atoms with E-state index in [1.807, 2.05) is 6.92 Å². The van der Waals surface area contributed by atoms with Crippen LogP contribution in [-0.2, 0) is 9.84 Å². The fraction of sp³-hybridized carbons (Fsp3) is 0.579. The maximum atomic E-state index is 12.9. The van der Waals surface area contributed by atoms with Crippen LogP contribution >= 0.6 is 0 Å². The number of hydrogen-bond acceptors (Lipinski definition) is 4. The Morgan fingerprint density at radius 1 is 1.15 bits per heavy atom. The summed E-state index contributed by atoms with van der Waals surface area (Å²) in [6.07, 6.45) is 2.41. The average Bonchev–Trinajstić information content (AvgIpc) is 2.99. The van der Waals surface area contributed by atoms with Crippen LogP contribution in [0.15, 0.2) is 24.3 Å². The smallest absolute Gasteiger partial charge is 0.254 e. The molecule has 1 aliphatic heterocycles. The van der Waals surface area contributed by atoms with Crippen molar-refractivity contribution in [3.63, 3.8) is 0 Å². The lowest BCUT2D eigenvalue weighted by molar-refractivity contribution is 0.0708. The Morgan fingerprint density at radius 3 is 2.35 bits per heavy atom. The van der Waals surface area contributed by atoms with Gasteiger partial charge in [-0.25, -0.2) is 8.42 Å². The van der Waals surface area contributed by atoms with E-state index in [1.165, 1.54) is 0 Å². The predicted molar refractivity (Wildman–Crippen MR) is 102 cm³/mol. The van der Waals surface area contributed by atoms with E-state index in [0.717, 1.165) is 12.8 Å². The van der Waals surface area contributed by atoms with Crippen molar-refractivity contribution in [2.24, 2.45) is 0 Å². The highest BCUT2D eigenvalue weighted by Crippen LogP contribution is 2.20. The second-order valence-electron chi connectivity index (χ2n) is 6.81. The van der Waals surface area contributed by atoms with Crippen LogP contribution in [-0.4, -0.2) is 67.7 Å². The average molecular weight is 381 g/mol. The van der Waals surface area contributed by atoms with E-state index >= 15 is 0 Å². The number of rotatable bonds is 7. The molecule has 26 heavy (non-hydrogen) atoms. The molecule has 7 heteroatoms.